The van der Waals surface area contributed by atoms with Gasteiger partial charge in [0, 0.05) is 11.9 Å². The van der Waals surface area contributed by atoms with Crippen LogP contribution in [0.2, 0.25) is 0 Å². The molecule has 0 radical (unpaired) electrons. The summed E-state index contributed by atoms with van der Waals surface area (Å²) in [6.45, 7) is 4.89. The predicted molar refractivity (Wildman–Crippen MR) is 50.2 cm³/mol. The van der Waals surface area contributed by atoms with E-state index in [2.05, 4.69) is 11.8 Å². The molecule has 0 saturated carbocycles. The van der Waals surface area contributed by atoms with Crippen LogP contribution in [0.25, 0.3) is 0 Å². The number of alkyl halides is 1. The van der Waals surface area contributed by atoms with Gasteiger partial charge in [0.2, 0.25) is 0 Å². The molecule has 2 heteroatoms. The molecule has 0 spiro atoms. The fourth-order valence-corrected chi connectivity index (χ4v) is 1.92. The zero-order valence-electron chi connectivity index (χ0n) is 7.35. The highest BCUT2D eigenvalue weighted by Gasteiger charge is 2.18. The molecule has 11 heavy (non-hydrogen) atoms. The number of rotatable bonds is 4. The largest absolute Gasteiger partial charge is 0.301 e. The first-order valence-electron chi connectivity index (χ1n) is 4.64. The highest BCUT2D eigenvalue weighted by molar-refractivity contribution is 6.17. The quantitative estimate of drug-likeness (QED) is 0.469. The van der Waals surface area contributed by atoms with Gasteiger partial charge < -0.3 is 4.90 Å². The van der Waals surface area contributed by atoms with E-state index >= 15 is 0 Å². The van der Waals surface area contributed by atoms with Crippen molar-refractivity contribution in [3.8, 4) is 0 Å². The third-order valence-electron chi connectivity index (χ3n) is 2.52. The second-order valence-electron chi connectivity index (χ2n) is 3.42. The first kappa shape index (κ1) is 9.34. The lowest BCUT2D eigenvalue weighted by molar-refractivity contribution is 0.265. The Morgan fingerprint density at radius 1 is 1.45 bits per heavy atom. The van der Waals surface area contributed by atoms with Gasteiger partial charge in [-0.15, -0.1) is 11.6 Å². The molecule has 1 unspecified atom stereocenters. The lowest BCUT2D eigenvalue weighted by Crippen LogP contribution is -2.27. The topological polar surface area (TPSA) is 3.24 Å². The minimum Gasteiger partial charge on any atom is -0.301 e. The number of likely N-dealkylation sites (tertiary alicyclic amines) is 1. The highest BCUT2D eigenvalue weighted by Crippen LogP contribution is 2.16. The van der Waals surface area contributed by atoms with Crippen molar-refractivity contribution in [2.24, 2.45) is 0 Å². The van der Waals surface area contributed by atoms with Gasteiger partial charge in [0.15, 0.2) is 0 Å². The summed E-state index contributed by atoms with van der Waals surface area (Å²) in [5, 5.41) is 0. The molecule has 0 aromatic rings. The number of nitrogens with zero attached hydrogens (tertiary/aromatic N) is 1. The molecule has 1 aliphatic heterocycles. The molecule has 1 atom stereocenters. The Morgan fingerprint density at radius 2 is 2.27 bits per heavy atom. The van der Waals surface area contributed by atoms with Crippen molar-refractivity contribution < 1.29 is 0 Å². The van der Waals surface area contributed by atoms with Crippen molar-refractivity contribution in [1.82, 2.24) is 4.90 Å². The van der Waals surface area contributed by atoms with Crippen LogP contribution in [0, 0.1) is 0 Å². The van der Waals surface area contributed by atoms with E-state index in [1.807, 2.05) is 0 Å². The summed E-state index contributed by atoms with van der Waals surface area (Å²) in [5.41, 5.74) is 0. The lowest BCUT2D eigenvalue weighted by atomic mass is 10.2. The Balaban J connectivity index is 2.05. The molecule has 0 aromatic carbocycles. The van der Waals surface area contributed by atoms with Crippen LogP contribution >= 0.6 is 11.6 Å². The van der Waals surface area contributed by atoms with E-state index in [1.165, 1.54) is 38.8 Å². The fourth-order valence-electron chi connectivity index (χ4n) is 1.73. The molecule has 0 aromatic heterocycles. The summed E-state index contributed by atoms with van der Waals surface area (Å²) < 4.78 is 0. The maximum atomic E-state index is 5.60. The van der Waals surface area contributed by atoms with Crippen molar-refractivity contribution in [1.29, 1.82) is 0 Å². The van der Waals surface area contributed by atoms with Crippen LogP contribution in [0.5, 0.6) is 0 Å². The van der Waals surface area contributed by atoms with Gasteiger partial charge in [-0.1, -0.05) is 0 Å². The van der Waals surface area contributed by atoms with Gasteiger partial charge in [-0.25, -0.2) is 0 Å². The zero-order valence-corrected chi connectivity index (χ0v) is 8.11. The smallest absolute Gasteiger partial charge is 0.0223 e. The van der Waals surface area contributed by atoms with Crippen molar-refractivity contribution >= 4 is 11.6 Å². The Kier molecular flexibility index (Phi) is 4.24. The molecule has 0 aliphatic carbocycles. The predicted octanol–water partition coefficient (Wildman–Crippen LogP) is 2.49. The van der Waals surface area contributed by atoms with E-state index in [9.17, 15) is 0 Å². The lowest BCUT2D eigenvalue weighted by Gasteiger charge is -2.20. The van der Waals surface area contributed by atoms with Gasteiger partial charge in [0.25, 0.3) is 0 Å². The van der Waals surface area contributed by atoms with E-state index in [-0.39, 0.29) is 0 Å². The standard InChI is InChI=1S/C9H18ClN/c1-9-5-4-8-11(9)7-3-2-6-10/h9H,2-8H2,1H3. The van der Waals surface area contributed by atoms with E-state index in [0.29, 0.717) is 0 Å². The van der Waals surface area contributed by atoms with Crippen LogP contribution in [0.15, 0.2) is 0 Å². The maximum Gasteiger partial charge on any atom is 0.0223 e. The molecular formula is C9H18ClN. The first-order valence-corrected chi connectivity index (χ1v) is 5.18. The van der Waals surface area contributed by atoms with Crippen molar-refractivity contribution in [3.63, 3.8) is 0 Å². The molecule has 1 rings (SSSR count). The Morgan fingerprint density at radius 3 is 2.82 bits per heavy atom. The fraction of sp³-hybridized carbons (Fsp3) is 1.00. The normalized spacial score (nSPS) is 26.2. The highest BCUT2D eigenvalue weighted by atomic mass is 35.5. The molecule has 0 amide bonds. The molecule has 1 heterocycles. The molecule has 1 aliphatic rings. The molecule has 1 fully saturated rings. The summed E-state index contributed by atoms with van der Waals surface area (Å²) in [6.07, 6.45) is 5.22. The molecule has 0 N–H and O–H groups in total. The molecule has 1 nitrogen and oxygen atoms in total. The third kappa shape index (κ3) is 3.00. The summed E-state index contributed by atoms with van der Waals surface area (Å²) in [4.78, 5) is 2.58. The first-order chi connectivity index (χ1) is 5.34. The van der Waals surface area contributed by atoms with Crippen molar-refractivity contribution in [2.45, 2.75) is 38.6 Å². The van der Waals surface area contributed by atoms with Gasteiger partial charge >= 0.3 is 0 Å². The molecule has 1 saturated heterocycles. The van der Waals surface area contributed by atoms with Crippen LogP contribution in [-0.4, -0.2) is 29.9 Å². The summed E-state index contributed by atoms with van der Waals surface area (Å²) >= 11 is 5.60. The molecule has 66 valence electrons. The Bertz CT molecular complexity index is 106. The van der Waals surface area contributed by atoms with Crippen LogP contribution in [0.4, 0.5) is 0 Å². The van der Waals surface area contributed by atoms with Crippen molar-refractivity contribution in [3.05, 3.63) is 0 Å². The second kappa shape index (κ2) is 5.00. The number of hydrogen-bond donors (Lipinski definition) is 0. The number of hydrogen-bond acceptors (Lipinski definition) is 1. The average Bonchev–Trinajstić information content (AvgIpc) is 2.37. The van der Waals surface area contributed by atoms with Crippen LogP contribution in [0.3, 0.4) is 0 Å². The molecular weight excluding hydrogens is 158 g/mol. The number of halogens is 1. The van der Waals surface area contributed by atoms with E-state index < -0.39 is 0 Å². The number of unbranched alkanes of at least 4 members (excludes halogenated alkanes) is 1. The van der Waals surface area contributed by atoms with Crippen molar-refractivity contribution in [2.75, 3.05) is 19.0 Å². The summed E-state index contributed by atoms with van der Waals surface area (Å²) in [5.74, 6) is 0.822. The van der Waals surface area contributed by atoms with Crippen LogP contribution < -0.4 is 0 Å². The third-order valence-corrected chi connectivity index (χ3v) is 2.79. The monoisotopic (exact) mass is 175 g/mol. The maximum absolute atomic E-state index is 5.60. The van der Waals surface area contributed by atoms with E-state index in [1.54, 1.807) is 0 Å². The second-order valence-corrected chi connectivity index (χ2v) is 3.80. The Hall–Kier alpha value is 0.250. The SMILES string of the molecule is CC1CCCN1CCCCCl. The zero-order chi connectivity index (χ0) is 8.10. The Labute approximate surface area is 74.7 Å². The summed E-state index contributed by atoms with van der Waals surface area (Å²) in [7, 11) is 0. The summed E-state index contributed by atoms with van der Waals surface area (Å²) in [6, 6.07) is 0.824. The minimum atomic E-state index is 0.822. The van der Waals surface area contributed by atoms with Gasteiger partial charge in [-0.05, 0) is 45.7 Å². The van der Waals surface area contributed by atoms with Gasteiger partial charge in [-0.2, -0.15) is 0 Å². The van der Waals surface area contributed by atoms with Crippen LogP contribution in [-0.2, 0) is 0 Å². The minimum absolute atomic E-state index is 0.822. The van der Waals surface area contributed by atoms with Gasteiger partial charge in [0.05, 0.1) is 0 Å². The van der Waals surface area contributed by atoms with Gasteiger partial charge in [-0.3, -0.25) is 0 Å². The van der Waals surface area contributed by atoms with E-state index in [4.69, 9.17) is 11.6 Å². The van der Waals surface area contributed by atoms with Crippen LogP contribution in [0.1, 0.15) is 32.6 Å². The van der Waals surface area contributed by atoms with E-state index in [0.717, 1.165) is 11.9 Å². The molecule has 0 bridgehead atoms. The average molecular weight is 176 g/mol. The van der Waals surface area contributed by atoms with Gasteiger partial charge in [0.1, 0.15) is 0 Å².